The van der Waals surface area contributed by atoms with Crippen LogP contribution >= 0.6 is 11.3 Å². The molecule has 1 aromatic heterocycles. The molecule has 2 N–H and O–H groups in total. The zero-order valence-corrected chi connectivity index (χ0v) is 14.8. The third kappa shape index (κ3) is 4.07. The van der Waals surface area contributed by atoms with Crippen LogP contribution in [0, 0.1) is 0 Å². The van der Waals surface area contributed by atoms with Gasteiger partial charge in [0.25, 0.3) is 0 Å². The van der Waals surface area contributed by atoms with Crippen LogP contribution in [0.15, 0.2) is 41.8 Å². The minimum atomic E-state index is -0.155. The molecule has 0 saturated carbocycles. The van der Waals surface area contributed by atoms with Crippen LogP contribution in [0.3, 0.4) is 0 Å². The van der Waals surface area contributed by atoms with Gasteiger partial charge >= 0.3 is 6.03 Å². The first-order valence-electron chi connectivity index (χ1n) is 8.09. The number of thiophene rings is 1. The number of benzene rings is 1. The number of urea groups is 1. The van der Waals surface area contributed by atoms with Gasteiger partial charge in [-0.3, -0.25) is 0 Å². The molecular formula is C18H23N3O2S. The van der Waals surface area contributed by atoms with Gasteiger partial charge in [-0.05, 0) is 37.2 Å². The van der Waals surface area contributed by atoms with Crippen LogP contribution in [0.4, 0.5) is 4.79 Å². The Balaban J connectivity index is 1.43. The molecule has 128 valence electrons. The predicted octanol–water partition coefficient (Wildman–Crippen LogP) is 2.65. The van der Waals surface area contributed by atoms with Crippen molar-refractivity contribution in [3.05, 3.63) is 52.2 Å². The molecule has 24 heavy (non-hydrogen) atoms. The fourth-order valence-corrected chi connectivity index (χ4v) is 3.77. The SMILES string of the molecule is CN(C)[C@@H](CNC(=O)NC[C@H]1Cc2ccccc2O1)c1cccs1. The number of carbonyl (C=O) groups is 1. The Labute approximate surface area is 146 Å². The van der Waals surface area contributed by atoms with Crippen molar-refractivity contribution in [3.63, 3.8) is 0 Å². The van der Waals surface area contributed by atoms with Gasteiger partial charge in [-0.1, -0.05) is 24.3 Å². The molecule has 1 aliphatic heterocycles. The first-order chi connectivity index (χ1) is 11.6. The smallest absolute Gasteiger partial charge is 0.314 e. The Hall–Kier alpha value is -2.05. The maximum atomic E-state index is 12.1. The molecule has 0 bridgehead atoms. The van der Waals surface area contributed by atoms with Crippen molar-refractivity contribution in [2.24, 2.45) is 0 Å². The van der Waals surface area contributed by atoms with E-state index in [1.54, 1.807) is 11.3 Å². The van der Waals surface area contributed by atoms with Crippen molar-refractivity contribution in [3.8, 4) is 5.75 Å². The van der Waals surface area contributed by atoms with Crippen LogP contribution in [0.5, 0.6) is 5.75 Å². The van der Waals surface area contributed by atoms with E-state index in [0.29, 0.717) is 13.1 Å². The zero-order chi connectivity index (χ0) is 16.9. The molecule has 3 rings (SSSR count). The van der Waals surface area contributed by atoms with E-state index in [1.807, 2.05) is 38.4 Å². The molecule has 0 radical (unpaired) electrons. The number of nitrogens with one attached hydrogen (secondary N) is 2. The van der Waals surface area contributed by atoms with Gasteiger partial charge in [-0.25, -0.2) is 4.79 Å². The maximum Gasteiger partial charge on any atom is 0.314 e. The number of amides is 2. The highest BCUT2D eigenvalue weighted by Gasteiger charge is 2.23. The summed E-state index contributed by atoms with van der Waals surface area (Å²) >= 11 is 1.70. The fourth-order valence-electron chi connectivity index (χ4n) is 2.84. The number of hydrogen-bond acceptors (Lipinski definition) is 4. The lowest BCUT2D eigenvalue weighted by atomic mass is 10.1. The predicted molar refractivity (Wildman–Crippen MR) is 96.7 cm³/mol. The number of hydrogen-bond donors (Lipinski definition) is 2. The molecule has 0 aliphatic carbocycles. The van der Waals surface area contributed by atoms with Gasteiger partial charge in [0.15, 0.2) is 0 Å². The minimum Gasteiger partial charge on any atom is -0.488 e. The summed E-state index contributed by atoms with van der Waals surface area (Å²) in [6.07, 6.45) is 0.849. The lowest BCUT2D eigenvalue weighted by Crippen LogP contribution is -2.43. The lowest BCUT2D eigenvalue weighted by molar-refractivity contribution is 0.211. The first kappa shape index (κ1) is 16.8. The van der Waals surface area contributed by atoms with Crippen molar-refractivity contribution in [1.29, 1.82) is 0 Å². The van der Waals surface area contributed by atoms with E-state index in [0.717, 1.165) is 12.2 Å². The number of fused-ring (bicyclic) bond motifs is 1. The third-order valence-electron chi connectivity index (χ3n) is 4.16. The van der Waals surface area contributed by atoms with E-state index in [2.05, 4.69) is 33.0 Å². The second-order valence-corrected chi connectivity index (χ2v) is 7.12. The van der Waals surface area contributed by atoms with E-state index < -0.39 is 0 Å². The van der Waals surface area contributed by atoms with Crippen LogP contribution in [0.1, 0.15) is 16.5 Å². The monoisotopic (exact) mass is 345 g/mol. The molecule has 1 aromatic carbocycles. The Bertz CT molecular complexity index is 648. The number of nitrogens with zero attached hydrogens (tertiary/aromatic N) is 1. The van der Waals surface area contributed by atoms with Crippen LogP contribution in [0.2, 0.25) is 0 Å². The number of rotatable bonds is 6. The zero-order valence-electron chi connectivity index (χ0n) is 14.0. The van der Waals surface area contributed by atoms with Crippen LogP contribution in [-0.2, 0) is 6.42 Å². The number of likely N-dealkylation sites (N-methyl/N-ethyl adjacent to an activating group) is 1. The number of ether oxygens (including phenoxy) is 1. The Morgan fingerprint density at radius 1 is 1.29 bits per heavy atom. The molecular weight excluding hydrogens is 322 g/mol. The molecule has 6 heteroatoms. The topological polar surface area (TPSA) is 53.6 Å². The molecule has 0 spiro atoms. The van der Waals surface area contributed by atoms with Gasteiger partial charge in [-0.15, -0.1) is 11.3 Å². The molecule has 0 fully saturated rings. The molecule has 1 aliphatic rings. The van der Waals surface area contributed by atoms with Crippen molar-refractivity contribution in [2.75, 3.05) is 27.2 Å². The summed E-state index contributed by atoms with van der Waals surface area (Å²) in [7, 11) is 4.04. The number of para-hydroxylation sites is 1. The maximum absolute atomic E-state index is 12.1. The summed E-state index contributed by atoms with van der Waals surface area (Å²) in [6, 6.07) is 12.2. The standard InChI is InChI=1S/C18H23N3O2S/c1-21(2)15(17-8-5-9-24-17)12-20-18(22)19-11-14-10-13-6-3-4-7-16(13)23-14/h3-9,14-15H,10-12H2,1-2H3,(H2,19,20,22)/t14-,15+/m1/s1. The van der Waals surface area contributed by atoms with Gasteiger partial charge in [0.1, 0.15) is 11.9 Å². The van der Waals surface area contributed by atoms with Crippen molar-refractivity contribution < 1.29 is 9.53 Å². The average Bonchev–Trinajstić information content (AvgIpc) is 3.22. The van der Waals surface area contributed by atoms with Gasteiger partial charge in [0.05, 0.1) is 12.6 Å². The summed E-state index contributed by atoms with van der Waals surface area (Å²) in [4.78, 5) is 15.4. The molecule has 0 unspecified atom stereocenters. The van der Waals surface area contributed by atoms with Gasteiger partial charge < -0.3 is 20.3 Å². The number of carbonyl (C=O) groups excluding carboxylic acids is 1. The summed E-state index contributed by atoms with van der Waals surface area (Å²) in [5.41, 5.74) is 1.20. The molecule has 2 aromatic rings. The molecule has 2 heterocycles. The van der Waals surface area contributed by atoms with Crippen LogP contribution < -0.4 is 15.4 Å². The molecule has 2 amide bonds. The summed E-state index contributed by atoms with van der Waals surface area (Å²) < 4.78 is 5.83. The van der Waals surface area contributed by atoms with Gasteiger partial charge in [0, 0.05) is 17.8 Å². The first-order valence-corrected chi connectivity index (χ1v) is 8.97. The Kier molecular flexibility index (Phi) is 5.37. The van der Waals surface area contributed by atoms with Crippen molar-refractivity contribution in [2.45, 2.75) is 18.6 Å². The van der Waals surface area contributed by atoms with Crippen molar-refractivity contribution >= 4 is 17.4 Å². The summed E-state index contributed by atoms with van der Waals surface area (Å²) in [6.45, 7) is 1.08. The Morgan fingerprint density at radius 3 is 2.83 bits per heavy atom. The summed E-state index contributed by atoms with van der Waals surface area (Å²) in [5, 5.41) is 7.92. The lowest BCUT2D eigenvalue weighted by Gasteiger charge is -2.23. The quantitative estimate of drug-likeness (QED) is 0.846. The van der Waals surface area contributed by atoms with E-state index >= 15 is 0 Å². The third-order valence-corrected chi connectivity index (χ3v) is 5.13. The van der Waals surface area contributed by atoms with E-state index in [9.17, 15) is 4.79 Å². The van der Waals surface area contributed by atoms with E-state index in [-0.39, 0.29) is 18.2 Å². The summed E-state index contributed by atoms with van der Waals surface area (Å²) in [5.74, 6) is 0.926. The van der Waals surface area contributed by atoms with Gasteiger partial charge in [-0.2, -0.15) is 0 Å². The van der Waals surface area contributed by atoms with Crippen LogP contribution in [0.25, 0.3) is 0 Å². The second kappa shape index (κ2) is 7.68. The van der Waals surface area contributed by atoms with Crippen LogP contribution in [-0.4, -0.2) is 44.2 Å². The van der Waals surface area contributed by atoms with E-state index in [1.165, 1.54) is 10.4 Å². The van der Waals surface area contributed by atoms with Crippen molar-refractivity contribution in [1.82, 2.24) is 15.5 Å². The fraction of sp³-hybridized carbons (Fsp3) is 0.389. The normalized spacial score (nSPS) is 17.2. The highest BCUT2D eigenvalue weighted by Crippen LogP contribution is 2.27. The molecule has 0 saturated heterocycles. The minimum absolute atomic E-state index is 0.00934. The molecule has 5 nitrogen and oxygen atoms in total. The highest BCUT2D eigenvalue weighted by atomic mass is 32.1. The largest absolute Gasteiger partial charge is 0.488 e. The Morgan fingerprint density at radius 2 is 2.12 bits per heavy atom. The molecule has 2 atom stereocenters. The highest BCUT2D eigenvalue weighted by molar-refractivity contribution is 7.10. The van der Waals surface area contributed by atoms with Gasteiger partial charge in [0.2, 0.25) is 0 Å². The average molecular weight is 345 g/mol. The second-order valence-electron chi connectivity index (χ2n) is 6.14. The van der Waals surface area contributed by atoms with E-state index in [4.69, 9.17) is 4.74 Å².